The van der Waals surface area contributed by atoms with Crippen LogP contribution in [0.1, 0.15) is 34.4 Å². The molecule has 0 aliphatic rings. The molecule has 0 saturated heterocycles. The van der Waals surface area contributed by atoms with Gasteiger partial charge in [0.2, 0.25) is 5.91 Å². The molecule has 150 valence electrons. The number of hydrogen-bond donors (Lipinski definition) is 2. The van der Waals surface area contributed by atoms with Crippen molar-refractivity contribution in [3.8, 4) is 12.1 Å². The summed E-state index contributed by atoms with van der Waals surface area (Å²) in [6.45, 7) is 1.88. The maximum absolute atomic E-state index is 12.2. The average Bonchev–Trinajstić information content (AvgIpc) is 2.71. The molecule has 1 aromatic heterocycles. The number of pyridine rings is 1. The fourth-order valence-electron chi connectivity index (χ4n) is 2.82. The fourth-order valence-corrected chi connectivity index (χ4v) is 4.39. The molecule has 2 rings (SSSR count). The molecule has 0 fully saturated rings. The Hall–Kier alpha value is -2.72. The van der Waals surface area contributed by atoms with Gasteiger partial charge in [0.25, 0.3) is 0 Å². The van der Waals surface area contributed by atoms with Crippen LogP contribution in [0.5, 0.6) is 0 Å². The first kappa shape index (κ1) is 22.6. The largest absolute Gasteiger partial charge is 0.368 e. The topological polar surface area (TPSA) is 119 Å². The Bertz CT molecular complexity index is 976. The van der Waals surface area contributed by atoms with E-state index in [9.17, 15) is 15.3 Å². The summed E-state index contributed by atoms with van der Waals surface area (Å²) >= 11 is 2.60. The van der Waals surface area contributed by atoms with Gasteiger partial charge in [-0.15, -0.1) is 0 Å². The number of thioether (sulfide) groups is 1. The predicted molar refractivity (Wildman–Crippen MR) is 117 cm³/mol. The molecule has 0 aliphatic carbocycles. The van der Waals surface area contributed by atoms with Crippen molar-refractivity contribution < 1.29 is 4.79 Å². The van der Waals surface area contributed by atoms with Crippen LogP contribution in [0.25, 0.3) is 0 Å². The van der Waals surface area contributed by atoms with Crippen molar-refractivity contribution in [1.82, 2.24) is 9.71 Å². The van der Waals surface area contributed by atoms with E-state index in [-0.39, 0.29) is 0 Å². The minimum absolute atomic E-state index is 0.313. The maximum Gasteiger partial charge on any atom is 0.235 e. The number of carbonyl (C=O) groups excluding carboxylic acids is 1. The molecule has 7 nitrogen and oxygen atoms in total. The summed E-state index contributed by atoms with van der Waals surface area (Å²) in [4.78, 5) is 19.5. The number of carbonyl (C=O) groups is 1. The average molecular weight is 427 g/mol. The van der Waals surface area contributed by atoms with E-state index < -0.39 is 11.2 Å². The number of hydrogen-bond acceptors (Lipinski definition) is 8. The second-order valence-corrected chi connectivity index (χ2v) is 8.39. The van der Waals surface area contributed by atoms with E-state index in [0.717, 1.165) is 22.2 Å². The molecule has 3 N–H and O–H groups in total. The first-order valence-corrected chi connectivity index (χ1v) is 10.5. The number of nitrogens with two attached hydrogens (primary N) is 1. The molecule has 1 heterocycles. The number of nitrogens with zero attached hydrogens (tertiary/aromatic N) is 4. The van der Waals surface area contributed by atoms with Crippen molar-refractivity contribution in [3.05, 3.63) is 46.5 Å². The number of nitriles is 2. The summed E-state index contributed by atoms with van der Waals surface area (Å²) in [5.74, 6) is -0.0571. The lowest BCUT2D eigenvalue weighted by Crippen LogP contribution is -2.20. The zero-order chi connectivity index (χ0) is 21.6. The first-order chi connectivity index (χ1) is 13.9. The molecule has 1 atom stereocenters. The Labute approximate surface area is 179 Å². The summed E-state index contributed by atoms with van der Waals surface area (Å²) in [5, 5.41) is 19.0. The molecule has 0 aliphatic heterocycles. The van der Waals surface area contributed by atoms with Crippen molar-refractivity contribution >= 4 is 35.4 Å². The lowest BCUT2D eigenvalue weighted by atomic mass is 10.0. The number of anilines is 1. The van der Waals surface area contributed by atoms with E-state index in [1.54, 1.807) is 19.0 Å². The third-order valence-electron chi connectivity index (χ3n) is 4.14. The van der Waals surface area contributed by atoms with E-state index in [2.05, 4.69) is 21.8 Å². The van der Waals surface area contributed by atoms with E-state index in [4.69, 9.17) is 5.73 Å². The fraction of sp³-hybridized carbons (Fsp3) is 0.300. The number of primary amides is 1. The van der Waals surface area contributed by atoms with E-state index in [0.29, 0.717) is 34.0 Å². The molecule has 0 spiro atoms. The van der Waals surface area contributed by atoms with Gasteiger partial charge in [0, 0.05) is 19.0 Å². The molecular formula is C20H22N6OS2. The van der Waals surface area contributed by atoms with Crippen LogP contribution in [0.3, 0.4) is 0 Å². The molecule has 2 aromatic rings. The van der Waals surface area contributed by atoms with Crippen molar-refractivity contribution in [1.29, 1.82) is 10.5 Å². The molecule has 1 aromatic carbocycles. The Morgan fingerprint density at radius 3 is 2.31 bits per heavy atom. The van der Waals surface area contributed by atoms with Gasteiger partial charge in [0.15, 0.2) is 0 Å². The zero-order valence-electron chi connectivity index (χ0n) is 16.7. The van der Waals surface area contributed by atoms with Crippen molar-refractivity contribution in [3.63, 3.8) is 0 Å². The van der Waals surface area contributed by atoms with Gasteiger partial charge < -0.3 is 10.6 Å². The molecule has 1 amide bonds. The second kappa shape index (κ2) is 10.2. The standard InChI is InChI=1S/C20H22N6OS2/c1-5-14-15(10-21)19(26(3)4)25-20(16(14)11-22)28-17(18(23)27)12-6-8-13(9-7-12)29-24-2/h6-9,17,24H,5H2,1-4H3,(H2,23,27). The molecule has 0 radical (unpaired) electrons. The van der Waals surface area contributed by atoms with Crippen LogP contribution in [-0.2, 0) is 11.2 Å². The molecule has 1 unspecified atom stereocenters. The van der Waals surface area contributed by atoms with Crippen LogP contribution in [0.2, 0.25) is 0 Å². The Balaban J connectivity index is 2.57. The van der Waals surface area contributed by atoms with Gasteiger partial charge in [-0.2, -0.15) is 10.5 Å². The summed E-state index contributed by atoms with van der Waals surface area (Å²) in [6.07, 6.45) is 0.500. The Morgan fingerprint density at radius 2 is 1.86 bits per heavy atom. The highest BCUT2D eigenvalue weighted by molar-refractivity contribution is 8.00. The van der Waals surface area contributed by atoms with E-state index in [1.165, 1.54) is 11.9 Å². The third kappa shape index (κ3) is 5.01. The molecular weight excluding hydrogens is 404 g/mol. The maximum atomic E-state index is 12.2. The van der Waals surface area contributed by atoms with E-state index >= 15 is 0 Å². The highest BCUT2D eigenvalue weighted by Crippen LogP contribution is 2.39. The number of aromatic nitrogens is 1. The summed E-state index contributed by atoms with van der Waals surface area (Å²) < 4.78 is 2.99. The predicted octanol–water partition coefficient (Wildman–Crippen LogP) is 3.00. The van der Waals surface area contributed by atoms with Crippen LogP contribution < -0.4 is 15.4 Å². The van der Waals surface area contributed by atoms with Gasteiger partial charge in [-0.05, 0) is 48.7 Å². The van der Waals surface area contributed by atoms with E-state index in [1.807, 2.05) is 38.2 Å². The highest BCUT2D eigenvalue weighted by atomic mass is 32.2. The third-order valence-corrected chi connectivity index (χ3v) is 6.11. The van der Waals surface area contributed by atoms with Crippen molar-refractivity contribution in [2.45, 2.75) is 28.5 Å². The van der Waals surface area contributed by atoms with Crippen LogP contribution >= 0.6 is 23.7 Å². The number of benzene rings is 1. The molecule has 9 heteroatoms. The summed E-state index contributed by atoms with van der Waals surface area (Å²) in [6, 6.07) is 11.8. The molecule has 29 heavy (non-hydrogen) atoms. The Morgan fingerprint density at radius 1 is 1.24 bits per heavy atom. The van der Waals surface area contributed by atoms with Crippen LogP contribution in [0.15, 0.2) is 34.2 Å². The van der Waals surface area contributed by atoms with Gasteiger partial charge >= 0.3 is 0 Å². The number of nitrogens with one attached hydrogen (secondary N) is 1. The van der Waals surface area contributed by atoms with Crippen molar-refractivity contribution in [2.75, 3.05) is 26.0 Å². The SMILES string of the molecule is CCc1c(C#N)c(SC(C(N)=O)c2ccc(SNC)cc2)nc(N(C)C)c1C#N. The number of rotatable bonds is 8. The van der Waals surface area contributed by atoms with Crippen LogP contribution in [-0.4, -0.2) is 32.0 Å². The number of amides is 1. The summed E-state index contributed by atoms with van der Waals surface area (Å²) in [7, 11) is 5.40. The Kier molecular flexibility index (Phi) is 7.91. The minimum atomic E-state index is -0.712. The van der Waals surface area contributed by atoms with Crippen LogP contribution in [0, 0.1) is 22.7 Å². The molecule has 0 saturated carbocycles. The van der Waals surface area contributed by atoms with Gasteiger partial charge in [0.1, 0.15) is 28.2 Å². The van der Waals surface area contributed by atoms with Gasteiger partial charge in [-0.25, -0.2) is 4.98 Å². The van der Waals surface area contributed by atoms with Gasteiger partial charge in [0.05, 0.1) is 11.1 Å². The van der Waals surface area contributed by atoms with Gasteiger partial charge in [-0.1, -0.05) is 30.8 Å². The quantitative estimate of drug-likeness (QED) is 0.488. The minimum Gasteiger partial charge on any atom is -0.368 e. The molecule has 0 bridgehead atoms. The smallest absolute Gasteiger partial charge is 0.235 e. The lowest BCUT2D eigenvalue weighted by Gasteiger charge is -2.20. The highest BCUT2D eigenvalue weighted by Gasteiger charge is 2.26. The zero-order valence-corrected chi connectivity index (χ0v) is 18.3. The second-order valence-electron chi connectivity index (χ2n) is 6.22. The van der Waals surface area contributed by atoms with Crippen LogP contribution in [0.4, 0.5) is 5.82 Å². The normalized spacial score (nSPS) is 11.4. The van der Waals surface area contributed by atoms with Crippen molar-refractivity contribution in [2.24, 2.45) is 5.73 Å². The van der Waals surface area contributed by atoms with Gasteiger partial charge in [-0.3, -0.25) is 9.52 Å². The lowest BCUT2D eigenvalue weighted by molar-refractivity contribution is -0.117. The summed E-state index contributed by atoms with van der Waals surface area (Å²) in [5.41, 5.74) is 7.72. The monoisotopic (exact) mass is 426 g/mol. The first-order valence-electron chi connectivity index (χ1n) is 8.81.